The van der Waals surface area contributed by atoms with Gasteiger partial charge in [0.1, 0.15) is 6.54 Å². The maximum atomic E-state index is 11.8. The molecule has 1 aliphatic rings. The van der Waals surface area contributed by atoms with Crippen molar-refractivity contribution in [2.24, 2.45) is 5.73 Å². The van der Waals surface area contributed by atoms with E-state index in [1.165, 1.54) is 12.1 Å². The fourth-order valence-electron chi connectivity index (χ4n) is 1.70. The Balaban J connectivity index is 2.19. The number of fused-ring (bicyclic) bond motifs is 1. The van der Waals surface area contributed by atoms with Crippen LogP contribution in [0.15, 0.2) is 24.3 Å². The minimum absolute atomic E-state index is 0.245. The quantitative estimate of drug-likeness (QED) is 0.685. The molecule has 7 nitrogen and oxygen atoms in total. The van der Waals surface area contributed by atoms with Gasteiger partial charge in [0, 0.05) is 0 Å². The minimum Gasteiger partial charge on any atom is -0.351 e. The lowest BCUT2D eigenvalue weighted by atomic mass is 10.1. The van der Waals surface area contributed by atoms with Crippen LogP contribution in [0.2, 0.25) is 0 Å². The summed E-state index contributed by atoms with van der Waals surface area (Å²) in [4.78, 5) is 46.2. The number of imide groups is 2. The van der Waals surface area contributed by atoms with Gasteiger partial charge in [0.15, 0.2) is 0 Å². The molecule has 0 bridgehead atoms. The number of hydrogen-bond acceptors (Lipinski definition) is 4. The molecule has 0 atom stereocenters. The first-order valence-corrected chi connectivity index (χ1v) is 5.05. The van der Waals surface area contributed by atoms with Crippen molar-refractivity contribution >= 4 is 23.8 Å². The molecule has 92 valence electrons. The van der Waals surface area contributed by atoms with E-state index in [9.17, 15) is 19.2 Å². The molecule has 0 aromatic heterocycles. The second kappa shape index (κ2) is 4.28. The van der Waals surface area contributed by atoms with Crippen molar-refractivity contribution in [1.29, 1.82) is 0 Å². The van der Waals surface area contributed by atoms with E-state index in [2.05, 4.69) is 0 Å². The highest BCUT2D eigenvalue weighted by atomic mass is 16.2. The Bertz CT molecular complexity index is 532. The lowest BCUT2D eigenvalue weighted by molar-refractivity contribution is -0.120. The van der Waals surface area contributed by atoms with Gasteiger partial charge in [-0.05, 0) is 12.1 Å². The summed E-state index contributed by atoms with van der Waals surface area (Å²) in [5.41, 5.74) is 5.25. The average Bonchev–Trinajstić information content (AvgIpc) is 2.54. The SMILES string of the molecule is NC(=O)NC(=O)CN1C(=O)c2ccccc2C1=O. The molecule has 1 heterocycles. The van der Waals surface area contributed by atoms with Gasteiger partial charge in [-0.25, -0.2) is 4.79 Å². The standard InChI is InChI=1S/C11H9N3O4/c12-11(18)13-8(15)5-14-9(16)6-3-1-2-4-7(6)10(14)17/h1-4H,5H2,(H3,12,13,15,18). The van der Waals surface area contributed by atoms with Crippen molar-refractivity contribution in [3.8, 4) is 0 Å². The van der Waals surface area contributed by atoms with Gasteiger partial charge in [-0.1, -0.05) is 12.1 Å². The van der Waals surface area contributed by atoms with Crippen LogP contribution in [-0.2, 0) is 4.79 Å². The number of carbonyl (C=O) groups excluding carboxylic acids is 4. The third-order valence-corrected chi connectivity index (χ3v) is 2.44. The van der Waals surface area contributed by atoms with E-state index in [0.29, 0.717) is 0 Å². The number of carbonyl (C=O) groups is 4. The average molecular weight is 247 g/mol. The Kier molecular flexibility index (Phi) is 2.80. The van der Waals surface area contributed by atoms with Crippen LogP contribution in [0.4, 0.5) is 4.79 Å². The van der Waals surface area contributed by atoms with Crippen LogP contribution in [0.1, 0.15) is 20.7 Å². The molecule has 0 spiro atoms. The molecule has 2 rings (SSSR count). The number of nitrogens with one attached hydrogen (secondary N) is 1. The van der Waals surface area contributed by atoms with Gasteiger partial charge in [0.25, 0.3) is 11.8 Å². The largest absolute Gasteiger partial charge is 0.351 e. The third-order valence-electron chi connectivity index (χ3n) is 2.44. The Morgan fingerprint density at radius 2 is 1.61 bits per heavy atom. The van der Waals surface area contributed by atoms with E-state index in [1.807, 2.05) is 0 Å². The predicted octanol–water partition coefficient (Wildman–Crippen LogP) is -0.523. The Hall–Kier alpha value is -2.70. The fourth-order valence-corrected chi connectivity index (χ4v) is 1.70. The summed E-state index contributed by atoms with van der Waals surface area (Å²) in [6.45, 7) is -0.532. The molecule has 0 saturated heterocycles. The smallest absolute Gasteiger partial charge is 0.318 e. The van der Waals surface area contributed by atoms with E-state index in [4.69, 9.17) is 5.73 Å². The van der Waals surface area contributed by atoms with Crippen molar-refractivity contribution < 1.29 is 19.2 Å². The molecule has 3 N–H and O–H groups in total. The number of primary amides is 1. The summed E-state index contributed by atoms with van der Waals surface area (Å²) in [5, 5.41) is 1.79. The zero-order valence-electron chi connectivity index (χ0n) is 9.17. The van der Waals surface area contributed by atoms with E-state index in [1.54, 1.807) is 17.4 Å². The van der Waals surface area contributed by atoms with Crippen molar-refractivity contribution in [3.63, 3.8) is 0 Å². The van der Waals surface area contributed by atoms with Crippen LogP contribution < -0.4 is 11.1 Å². The molecule has 0 fully saturated rings. The van der Waals surface area contributed by atoms with Gasteiger partial charge in [-0.2, -0.15) is 0 Å². The number of urea groups is 1. The van der Waals surface area contributed by atoms with Crippen molar-refractivity contribution in [1.82, 2.24) is 10.2 Å². The highest BCUT2D eigenvalue weighted by molar-refractivity contribution is 6.22. The fraction of sp³-hybridized carbons (Fsp3) is 0.0909. The molecule has 5 amide bonds. The lowest BCUT2D eigenvalue weighted by Gasteiger charge is -2.12. The summed E-state index contributed by atoms with van der Waals surface area (Å²) in [7, 11) is 0. The highest BCUT2D eigenvalue weighted by Gasteiger charge is 2.36. The normalized spacial score (nSPS) is 13.4. The first kappa shape index (κ1) is 11.8. The second-order valence-electron chi connectivity index (χ2n) is 3.65. The van der Waals surface area contributed by atoms with E-state index >= 15 is 0 Å². The summed E-state index contributed by atoms with van der Waals surface area (Å²) >= 11 is 0. The molecular formula is C11H9N3O4. The third kappa shape index (κ3) is 1.93. The molecule has 0 unspecified atom stereocenters. The zero-order chi connectivity index (χ0) is 13.3. The van der Waals surface area contributed by atoms with Gasteiger partial charge >= 0.3 is 6.03 Å². The number of benzene rings is 1. The van der Waals surface area contributed by atoms with Gasteiger partial charge in [-0.3, -0.25) is 24.6 Å². The van der Waals surface area contributed by atoms with E-state index in [0.717, 1.165) is 4.90 Å². The maximum Gasteiger partial charge on any atom is 0.318 e. The molecule has 0 aliphatic carbocycles. The Morgan fingerprint density at radius 3 is 2.06 bits per heavy atom. The van der Waals surface area contributed by atoms with Gasteiger partial charge < -0.3 is 5.73 Å². The number of hydrogen-bond donors (Lipinski definition) is 2. The first-order chi connectivity index (χ1) is 8.50. The Labute approximate surface area is 102 Å². The molecule has 0 radical (unpaired) electrons. The number of nitrogens with zero attached hydrogens (tertiary/aromatic N) is 1. The van der Waals surface area contributed by atoms with Crippen molar-refractivity contribution in [3.05, 3.63) is 35.4 Å². The van der Waals surface area contributed by atoms with Crippen LogP contribution in [0.3, 0.4) is 0 Å². The predicted molar refractivity (Wildman–Crippen MR) is 59.5 cm³/mol. The van der Waals surface area contributed by atoms with Crippen LogP contribution >= 0.6 is 0 Å². The van der Waals surface area contributed by atoms with E-state index in [-0.39, 0.29) is 11.1 Å². The van der Waals surface area contributed by atoms with Gasteiger partial charge in [0.05, 0.1) is 11.1 Å². The van der Waals surface area contributed by atoms with Crippen LogP contribution in [-0.4, -0.2) is 35.2 Å². The summed E-state index contributed by atoms with van der Waals surface area (Å²) in [6.07, 6.45) is 0. The molecule has 0 saturated carbocycles. The van der Waals surface area contributed by atoms with Gasteiger partial charge in [-0.15, -0.1) is 0 Å². The lowest BCUT2D eigenvalue weighted by Crippen LogP contribution is -2.44. The zero-order valence-corrected chi connectivity index (χ0v) is 9.17. The summed E-state index contributed by atoms with van der Waals surface area (Å²) in [6, 6.07) is 5.22. The monoisotopic (exact) mass is 247 g/mol. The topological polar surface area (TPSA) is 110 Å². The highest BCUT2D eigenvalue weighted by Crippen LogP contribution is 2.21. The van der Waals surface area contributed by atoms with E-state index < -0.39 is 30.3 Å². The first-order valence-electron chi connectivity index (χ1n) is 5.05. The van der Waals surface area contributed by atoms with Crippen molar-refractivity contribution in [2.75, 3.05) is 6.54 Å². The summed E-state index contributed by atoms with van der Waals surface area (Å²) < 4.78 is 0. The minimum atomic E-state index is -1.03. The maximum absolute atomic E-state index is 11.8. The number of nitrogens with two attached hydrogens (primary N) is 1. The van der Waals surface area contributed by atoms with Crippen LogP contribution in [0, 0.1) is 0 Å². The molecule has 18 heavy (non-hydrogen) atoms. The molecule has 7 heteroatoms. The molecule has 1 aromatic carbocycles. The molecule has 1 aromatic rings. The number of amides is 5. The molecular weight excluding hydrogens is 238 g/mol. The van der Waals surface area contributed by atoms with Gasteiger partial charge in [0.2, 0.25) is 5.91 Å². The van der Waals surface area contributed by atoms with Crippen LogP contribution in [0.25, 0.3) is 0 Å². The Morgan fingerprint density at radius 1 is 1.11 bits per heavy atom. The second-order valence-corrected chi connectivity index (χ2v) is 3.65. The van der Waals surface area contributed by atoms with Crippen LogP contribution in [0.5, 0.6) is 0 Å². The summed E-state index contributed by atoms with van der Waals surface area (Å²) in [5.74, 6) is -1.93. The number of rotatable bonds is 2. The molecule has 1 aliphatic heterocycles. The van der Waals surface area contributed by atoms with Crippen molar-refractivity contribution in [2.45, 2.75) is 0 Å².